The van der Waals surface area contributed by atoms with Crippen LogP contribution in [0.5, 0.6) is 0 Å². The van der Waals surface area contributed by atoms with Crippen molar-refractivity contribution in [2.45, 2.75) is 20.0 Å². The first-order valence-corrected chi connectivity index (χ1v) is 6.56. The van der Waals surface area contributed by atoms with Gasteiger partial charge in [0, 0.05) is 28.8 Å². The molecule has 90 valence electrons. The summed E-state index contributed by atoms with van der Waals surface area (Å²) in [6.07, 6.45) is 3.82. The fourth-order valence-corrected chi connectivity index (χ4v) is 2.31. The number of nitrogens with one attached hydrogen (secondary N) is 1. The number of aromatic nitrogens is 2. The molecule has 2 aromatic rings. The van der Waals surface area contributed by atoms with Gasteiger partial charge in [-0.3, -0.25) is 4.68 Å². The molecule has 0 aliphatic carbocycles. The highest BCUT2D eigenvalue weighted by atomic mass is 79.9. The van der Waals surface area contributed by atoms with Crippen LogP contribution < -0.4 is 5.32 Å². The standard InChI is InChI=1S/C12H13BrClN3/c1-2-17-8-11(7-16-17)15-6-9-3-4-10(14)5-12(9)13/h3-5,7-8,15H,2,6H2,1H3. The van der Waals surface area contributed by atoms with Crippen molar-refractivity contribution in [2.24, 2.45) is 0 Å². The van der Waals surface area contributed by atoms with Crippen molar-refractivity contribution in [3.8, 4) is 0 Å². The Kier molecular flexibility index (Phi) is 4.07. The molecule has 0 aliphatic rings. The molecule has 0 fully saturated rings. The van der Waals surface area contributed by atoms with Gasteiger partial charge in [0.25, 0.3) is 0 Å². The van der Waals surface area contributed by atoms with Gasteiger partial charge in [0.05, 0.1) is 11.9 Å². The third-order valence-corrected chi connectivity index (χ3v) is 3.43. The summed E-state index contributed by atoms with van der Waals surface area (Å²) in [6, 6.07) is 5.79. The van der Waals surface area contributed by atoms with E-state index in [0.29, 0.717) is 0 Å². The highest BCUT2D eigenvalue weighted by Gasteiger charge is 2.02. The average Bonchev–Trinajstić information content (AvgIpc) is 2.76. The van der Waals surface area contributed by atoms with Crippen LogP contribution >= 0.6 is 27.5 Å². The van der Waals surface area contributed by atoms with E-state index >= 15 is 0 Å². The molecule has 2 rings (SSSR count). The Morgan fingerprint density at radius 2 is 2.29 bits per heavy atom. The van der Waals surface area contributed by atoms with E-state index in [1.54, 1.807) is 0 Å². The SMILES string of the molecule is CCn1cc(NCc2ccc(Cl)cc2Br)cn1. The summed E-state index contributed by atoms with van der Waals surface area (Å²) in [5.74, 6) is 0. The van der Waals surface area contributed by atoms with Crippen molar-refractivity contribution in [1.29, 1.82) is 0 Å². The Morgan fingerprint density at radius 1 is 1.47 bits per heavy atom. The molecule has 0 radical (unpaired) electrons. The first-order chi connectivity index (χ1) is 8.19. The van der Waals surface area contributed by atoms with Crippen molar-refractivity contribution in [2.75, 3.05) is 5.32 Å². The van der Waals surface area contributed by atoms with E-state index < -0.39 is 0 Å². The molecular weight excluding hydrogens is 302 g/mol. The molecule has 1 heterocycles. The van der Waals surface area contributed by atoms with Crippen LogP contribution in [-0.4, -0.2) is 9.78 Å². The first kappa shape index (κ1) is 12.5. The van der Waals surface area contributed by atoms with Gasteiger partial charge in [0.1, 0.15) is 0 Å². The maximum atomic E-state index is 5.89. The smallest absolute Gasteiger partial charge is 0.0729 e. The number of nitrogens with zero attached hydrogens (tertiary/aromatic N) is 2. The zero-order chi connectivity index (χ0) is 12.3. The summed E-state index contributed by atoms with van der Waals surface area (Å²) in [5.41, 5.74) is 2.19. The van der Waals surface area contributed by atoms with Crippen molar-refractivity contribution in [1.82, 2.24) is 9.78 Å². The topological polar surface area (TPSA) is 29.9 Å². The van der Waals surface area contributed by atoms with Crippen LogP contribution in [0.15, 0.2) is 35.1 Å². The van der Waals surface area contributed by atoms with Gasteiger partial charge in [-0.15, -0.1) is 0 Å². The van der Waals surface area contributed by atoms with Gasteiger partial charge in [0.15, 0.2) is 0 Å². The van der Waals surface area contributed by atoms with Gasteiger partial charge >= 0.3 is 0 Å². The summed E-state index contributed by atoms with van der Waals surface area (Å²) in [6.45, 7) is 3.69. The Hall–Kier alpha value is -1.00. The van der Waals surface area contributed by atoms with Gasteiger partial charge in [-0.25, -0.2) is 0 Å². The number of aryl methyl sites for hydroxylation is 1. The third-order valence-electron chi connectivity index (χ3n) is 2.46. The van der Waals surface area contributed by atoms with Gasteiger partial charge < -0.3 is 5.32 Å². The Bertz CT molecular complexity index is 510. The molecule has 1 N–H and O–H groups in total. The predicted molar refractivity (Wildman–Crippen MR) is 74.4 cm³/mol. The largest absolute Gasteiger partial charge is 0.378 e. The minimum atomic E-state index is 0.736. The first-order valence-electron chi connectivity index (χ1n) is 5.39. The number of hydrogen-bond acceptors (Lipinski definition) is 2. The summed E-state index contributed by atoms with van der Waals surface area (Å²) >= 11 is 9.39. The Labute approximate surface area is 114 Å². The number of rotatable bonds is 4. The van der Waals surface area contributed by atoms with Gasteiger partial charge in [0.2, 0.25) is 0 Å². The zero-order valence-electron chi connectivity index (χ0n) is 9.45. The maximum Gasteiger partial charge on any atom is 0.0729 e. The van der Waals surface area contributed by atoms with Crippen LogP contribution in [0.3, 0.4) is 0 Å². The van der Waals surface area contributed by atoms with Gasteiger partial charge in [-0.2, -0.15) is 5.10 Å². The second kappa shape index (κ2) is 5.56. The minimum Gasteiger partial charge on any atom is -0.378 e. The van der Waals surface area contributed by atoms with Crippen LogP contribution in [-0.2, 0) is 13.1 Å². The quantitative estimate of drug-likeness (QED) is 0.926. The molecule has 1 aromatic carbocycles. The maximum absolute atomic E-state index is 5.89. The molecule has 0 amide bonds. The van der Waals surface area contributed by atoms with Gasteiger partial charge in [-0.1, -0.05) is 33.6 Å². The molecule has 0 aliphatic heterocycles. The molecule has 5 heteroatoms. The highest BCUT2D eigenvalue weighted by molar-refractivity contribution is 9.10. The van der Waals surface area contributed by atoms with E-state index in [4.69, 9.17) is 11.6 Å². The molecule has 0 saturated carbocycles. The number of benzene rings is 1. The van der Waals surface area contributed by atoms with Crippen LogP contribution in [0.1, 0.15) is 12.5 Å². The number of halogens is 2. The van der Waals surface area contributed by atoms with E-state index in [9.17, 15) is 0 Å². The summed E-state index contributed by atoms with van der Waals surface area (Å²) in [7, 11) is 0. The lowest BCUT2D eigenvalue weighted by atomic mass is 10.2. The molecule has 17 heavy (non-hydrogen) atoms. The van der Waals surface area contributed by atoms with Crippen molar-refractivity contribution in [3.05, 3.63) is 45.7 Å². The van der Waals surface area contributed by atoms with Crippen molar-refractivity contribution >= 4 is 33.2 Å². The fourth-order valence-electron chi connectivity index (χ4n) is 1.49. The molecule has 0 spiro atoms. The van der Waals surface area contributed by atoms with E-state index in [0.717, 1.165) is 28.3 Å². The van der Waals surface area contributed by atoms with Crippen LogP contribution in [0.2, 0.25) is 5.02 Å². The van der Waals surface area contributed by atoms with Crippen molar-refractivity contribution < 1.29 is 0 Å². The second-order valence-electron chi connectivity index (χ2n) is 3.67. The van der Waals surface area contributed by atoms with Crippen LogP contribution in [0.25, 0.3) is 0 Å². The summed E-state index contributed by atoms with van der Waals surface area (Å²) < 4.78 is 2.90. The molecule has 0 saturated heterocycles. The molecule has 3 nitrogen and oxygen atoms in total. The molecule has 0 atom stereocenters. The predicted octanol–water partition coefficient (Wildman–Crippen LogP) is 3.93. The summed E-state index contributed by atoms with van der Waals surface area (Å²) in [5, 5.41) is 8.26. The molecule has 0 unspecified atom stereocenters. The lowest BCUT2D eigenvalue weighted by Gasteiger charge is -2.06. The van der Waals surface area contributed by atoms with Crippen molar-refractivity contribution in [3.63, 3.8) is 0 Å². The second-order valence-corrected chi connectivity index (χ2v) is 4.96. The Balaban J connectivity index is 2.02. The zero-order valence-corrected chi connectivity index (χ0v) is 11.8. The van der Waals surface area contributed by atoms with Crippen LogP contribution in [0.4, 0.5) is 5.69 Å². The van der Waals surface area contributed by atoms with E-state index in [1.807, 2.05) is 35.3 Å². The normalized spacial score (nSPS) is 10.5. The molecular formula is C12H13BrClN3. The summed E-state index contributed by atoms with van der Waals surface area (Å²) in [4.78, 5) is 0. The van der Waals surface area contributed by atoms with Gasteiger partial charge in [-0.05, 0) is 24.6 Å². The van der Waals surface area contributed by atoms with E-state index in [2.05, 4.69) is 33.3 Å². The molecule has 1 aromatic heterocycles. The lowest BCUT2D eigenvalue weighted by Crippen LogP contribution is -1.99. The molecule has 0 bridgehead atoms. The third kappa shape index (κ3) is 3.23. The monoisotopic (exact) mass is 313 g/mol. The number of anilines is 1. The fraction of sp³-hybridized carbons (Fsp3) is 0.250. The lowest BCUT2D eigenvalue weighted by molar-refractivity contribution is 0.660. The van der Waals surface area contributed by atoms with E-state index in [-0.39, 0.29) is 0 Å². The highest BCUT2D eigenvalue weighted by Crippen LogP contribution is 2.22. The number of hydrogen-bond donors (Lipinski definition) is 1. The van der Waals surface area contributed by atoms with Crippen LogP contribution in [0, 0.1) is 0 Å². The van der Waals surface area contributed by atoms with E-state index in [1.165, 1.54) is 5.56 Å². The minimum absolute atomic E-state index is 0.736. The average molecular weight is 315 g/mol. The Morgan fingerprint density at radius 3 is 2.94 bits per heavy atom.